The summed E-state index contributed by atoms with van der Waals surface area (Å²) in [5, 5.41) is 3.58. The fourth-order valence-corrected chi connectivity index (χ4v) is 3.97. The van der Waals surface area contributed by atoms with Gasteiger partial charge >= 0.3 is 0 Å². The van der Waals surface area contributed by atoms with E-state index in [0.717, 1.165) is 18.8 Å². The number of thioether (sulfide) groups is 1. The number of rotatable bonds is 2. The molecule has 0 radical (unpaired) electrons. The summed E-state index contributed by atoms with van der Waals surface area (Å²) in [7, 11) is 0. The Morgan fingerprint density at radius 2 is 2.32 bits per heavy atom. The zero-order valence-corrected chi connectivity index (χ0v) is 12.5. The molecule has 104 valence electrons. The number of ether oxygens (including phenoxy) is 1. The van der Waals surface area contributed by atoms with Crippen LogP contribution in [0, 0.1) is 0 Å². The van der Waals surface area contributed by atoms with Crippen LogP contribution in [0.15, 0.2) is 18.2 Å². The van der Waals surface area contributed by atoms with Gasteiger partial charge in [-0.15, -0.1) is 0 Å². The average Bonchev–Trinajstić information content (AvgIpc) is 2.58. The highest BCUT2D eigenvalue weighted by Gasteiger charge is 2.28. The number of para-hydroxylation sites is 1. The van der Waals surface area contributed by atoms with Crippen molar-refractivity contribution in [3.63, 3.8) is 0 Å². The van der Waals surface area contributed by atoms with E-state index < -0.39 is 0 Å². The maximum Gasteiger partial charge on any atom is 0.144 e. The molecule has 1 N–H and O–H groups in total. The van der Waals surface area contributed by atoms with Crippen molar-refractivity contribution in [3.05, 3.63) is 18.2 Å². The molecule has 3 nitrogen and oxygen atoms in total. The SMILES string of the molecule is CC(C)Oc1cccc2c1NCCC1CSCCN21. The van der Waals surface area contributed by atoms with Crippen LogP contribution in [-0.4, -0.2) is 36.7 Å². The molecule has 0 bridgehead atoms. The Balaban J connectivity index is 1.97. The van der Waals surface area contributed by atoms with Crippen LogP contribution in [0.1, 0.15) is 20.3 Å². The molecule has 2 heterocycles. The molecule has 0 aliphatic carbocycles. The molecule has 3 rings (SSSR count). The molecular formula is C15H22N2OS. The van der Waals surface area contributed by atoms with Crippen molar-refractivity contribution in [1.82, 2.24) is 0 Å². The van der Waals surface area contributed by atoms with Gasteiger partial charge in [-0.3, -0.25) is 0 Å². The van der Waals surface area contributed by atoms with Gasteiger partial charge < -0.3 is 15.0 Å². The summed E-state index contributed by atoms with van der Waals surface area (Å²) < 4.78 is 5.95. The van der Waals surface area contributed by atoms with Gasteiger partial charge in [0.05, 0.1) is 11.8 Å². The molecule has 2 aliphatic heterocycles. The summed E-state index contributed by atoms with van der Waals surface area (Å²) in [5.41, 5.74) is 2.51. The second-order valence-corrected chi connectivity index (χ2v) is 6.60. The van der Waals surface area contributed by atoms with Gasteiger partial charge in [-0.2, -0.15) is 11.8 Å². The molecule has 0 amide bonds. The topological polar surface area (TPSA) is 24.5 Å². The highest BCUT2D eigenvalue weighted by atomic mass is 32.2. The smallest absolute Gasteiger partial charge is 0.144 e. The Labute approximate surface area is 119 Å². The Bertz CT molecular complexity index is 450. The minimum Gasteiger partial charge on any atom is -0.489 e. The first-order valence-electron chi connectivity index (χ1n) is 7.13. The fourth-order valence-electron chi connectivity index (χ4n) is 2.86. The zero-order valence-electron chi connectivity index (χ0n) is 11.7. The molecule has 1 atom stereocenters. The molecule has 1 aromatic carbocycles. The van der Waals surface area contributed by atoms with E-state index in [2.05, 4.69) is 54.0 Å². The standard InChI is InChI=1S/C15H22N2OS/c1-11(2)18-14-5-3-4-13-15(14)16-7-6-12-10-19-9-8-17(12)13/h3-5,11-12,16H,6-10H2,1-2H3. The summed E-state index contributed by atoms with van der Waals surface area (Å²) in [6.07, 6.45) is 1.42. The summed E-state index contributed by atoms with van der Waals surface area (Å²) in [6.45, 7) is 6.34. The summed E-state index contributed by atoms with van der Waals surface area (Å²) in [5.74, 6) is 3.47. The Hall–Kier alpha value is -1.03. The van der Waals surface area contributed by atoms with Crippen molar-refractivity contribution in [3.8, 4) is 5.75 Å². The number of anilines is 2. The van der Waals surface area contributed by atoms with Crippen LogP contribution >= 0.6 is 11.8 Å². The van der Waals surface area contributed by atoms with Gasteiger partial charge in [0.1, 0.15) is 11.4 Å². The lowest BCUT2D eigenvalue weighted by atomic mass is 10.1. The van der Waals surface area contributed by atoms with E-state index in [4.69, 9.17) is 4.74 Å². The monoisotopic (exact) mass is 278 g/mol. The van der Waals surface area contributed by atoms with Crippen LogP contribution in [0.4, 0.5) is 11.4 Å². The predicted molar refractivity (Wildman–Crippen MR) is 83.8 cm³/mol. The third-order valence-corrected chi connectivity index (χ3v) is 4.77. The van der Waals surface area contributed by atoms with Crippen molar-refractivity contribution in [2.45, 2.75) is 32.4 Å². The lowest BCUT2D eigenvalue weighted by Crippen LogP contribution is -2.42. The first-order chi connectivity index (χ1) is 9.25. The van der Waals surface area contributed by atoms with E-state index >= 15 is 0 Å². The van der Waals surface area contributed by atoms with Crippen molar-refractivity contribution in [2.75, 3.05) is 34.8 Å². The van der Waals surface area contributed by atoms with Crippen molar-refractivity contribution in [2.24, 2.45) is 0 Å². The summed E-state index contributed by atoms with van der Waals surface area (Å²) >= 11 is 2.08. The Morgan fingerprint density at radius 3 is 3.16 bits per heavy atom. The number of benzene rings is 1. The zero-order chi connectivity index (χ0) is 13.2. The van der Waals surface area contributed by atoms with Crippen LogP contribution in [-0.2, 0) is 0 Å². The normalized spacial score (nSPS) is 22.3. The van der Waals surface area contributed by atoms with E-state index in [9.17, 15) is 0 Å². The van der Waals surface area contributed by atoms with Crippen molar-refractivity contribution in [1.29, 1.82) is 0 Å². The van der Waals surface area contributed by atoms with Crippen LogP contribution in [0.3, 0.4) is 0 Å². The number of nitrogens with zero attached hydrogens (tertiary/aromatic N) is 1. The van der Waals surface area contributed by atoms with E-state index in [-0.39, 0.29) is 6.10 Å². The van der Waals surface area contributed by atoms with Crippen LogP contribution in [0.5, 0.6) is 5.75 Å². The lowest BCUT2D eigenvalue weighted by molar-refractivity contribution is 0.244. The fraction of sp³-hybridized carbons (Fsp3) is 0.600. The number of nitrogens with one attached hydrogen (secondary N) is 1. The van der Waals surface area contributed by atoms with Gasteiger partial charge in [-0.25, -0.2) is 0 Å². The van der Waals surface area contributed by atoms with Gasteiger partial charge in [-0.1, -0.05) is 6.07 Å². The Morgan fingerprint density at radius 1 is 1.42 bits per heavy atom. The Kier molecular flexibility index (Phi) is 3.78. The van der Waals surface area contributed by atoms with Crippen LogP contribution in [0.2, 0.25) is 0 Å². The van der Waals surface area contributed by atoms with E-state index in [1.54, 1.807) is 0 Å². The highest BCUT2D eigenvalue weighted by Crippen LogP contribution is 2.40. The molecule has 0 saturated carbocycles. The molecule has 1 aromatic rings. The number of hydrogen-bond donors (Lipinski definition) is 1. The molecule has 1 saturated heterocycles. The van der Waals surface area contributed by atoms with Gasteiger partial charge in [0, 0.05) is 30.6 Å². The maximum atomic E-state index is 5.95. The minimum atomic E-state index is 0.212. The van der Waals surface area contributed by atoms with Gasteiger partial charge in [0.15, 0.2) is 0 Å². The molecule has 1 fully saturated rings. The van der Waals surface area contributed by atoms with Crippen molar-refractivity contribution < 1.29 is 4.74 Å². The predicted octanol–water partition coefficient (Wildman–Crippen LogP) is 3.21. The molecule has 2 aliphatic rings. The average molecular weight is 278 g/mol. The molecule has 1 unspecified atom stereocenters. The van der Waals surface area contributed by atoms with Crippen LogP contribution in [0.25, 0.3) is 0 Å². The van der Waals surface area contributed by atoms with Crippen LogP contribution < -0.4 is 15.0 Å². The third-order valence-electron chi connectivity index (χ3n) is 3.68. The first-order valence-corrected chi connectivity index (χ1v) is 8.29. The van der Waals surface area contributed by atoms with E-state index in [1.807, 2.05) is 0 Å². The maximum absolute atomic E-state index is 5.95. The molecular weight excluding hydrogens is 256 g/mol. The third kappa shape index (κ3) is 2.64. The molecule has 19 heavy (non-hydrogen) atoms. The summed E-state index contributed by atoms with van der Waals surface area (Å²) in [6, 6.07) is 7.08. The minimum absolute atomic E-state index is 0.212. The first kappa shape index (κ1) is 13.0. The highest BCUT2D eigenvalue weighted by molar-refractivity contribution is 7.99. The number of fused-ring (bicyclic) bond motifs is 3. The molecule has 0 spiro atoms. The second kappa shape index (κ2) is 5.53. The number of hydrogen-bond acceptors (Lipinski definition) is 4. The van der Waals surface area contributed by atoms with Crippen molar-refractivity contribution >= 4 is 23.1 Å². The van der Waals surface area contributed by atoms with Gasteiger partial charge in [0.2, 0.25) is 0 Å². The van der Waals surface area contributed by atoms with Gasteiger partial charge in [0.25, 0.3) is 0 Å². The quantitative estimate of drug-likeness (QED) is 0.898. The van der Waals surface area contributed by atoms with E-state index in [1.165, 1.54) is 29.3 Å². The molecule has 4 heteroatoms. The molecule has 0 aromatic heterocycles. The summed E-state index contributed by atoms with van der Waals surface area (Å²) in [4.78, 5) is 2.57. The largest absolute Gasteiger partial charge is 0.489 e. The second-order valence-electron chi connectivity index (χ2n) is 5.45. The van der Waals surface area contributed by atoms with Gasteiger partial charge in [-0.05, 0) is 32.4 Å². The lowest BCUT2D eigenvalue weighted by Gasteiger charge is -2.36. The van der Waals surface area contributed by atoms with E-state index in [0.29, 0.717) is 6.04 Å².